The van der Waals surface area contributed by atoms with Gasteiger partial charge in [-0.1, -0.05) is 0 Å². The van der Waals surface area contributed by atoms with Gasteiger partial charge in [-0.05, 0) is 33.6 Å². The normalized spacial score (nSPS) is 10.6. The molecule has 58 valence electrons. The summed E-state index contributed by atoms with van der Waals surface area (Å²) in [6.45, 7) is 7.01. The number of hydrogen-bond donors (Lipinski definition) is 1. The monoisotopic (exact) mass is 142 g/mol. The van der Waals surface area contributed by atoms with Crippen LogP contribution in [0.1, 0.15) is 27.7 Å². The van der Waals surface area contributed by atoms with Gasteiger partial charge < -0.3 is 9.84 Å². The maximum Gasteiger partial charge on any atom is 0.123 e. The SMILES string of the molecule is CC(C)OC#CC(C)(C)O. The largest absolute Gasteiger partial charge is 0.444 e. The van der Waals surface area contributed by atoms with Crippen LogP contribution in [0.25, 0.3) is 0 Å². The second-order valence-electron chi connectivity index (χ2n) is 2.95. The molecule has 0 heterocycles. The maximum atomic E-state index is 9.08. The van der Waals surface area contributed by atoms with E-state index in [2.05, 4.69) is 12.0 Å². The lowest BCUT2D eigenvalue weighted by atomic mass is 10.2. The van der Waals surface area contributed by atoms with Crippen LogP contribution in [0.3, 0.4) is 0 Å². The zero-order chi connectivity index (χ0) is 8.20. The third-order valence-electron chi connectivity index (χ3n) is 0.652. The molecular formula is C8H14O2. The van der Waals surface area contributed by atoms with Crippen LogP contribution in [0.2, 0.25) is 0 Å². The quantitative estimate of drug-likeness (QED) is 0.556. The van der Waals surface area contributed by atoms with Gasteiger partial charge in [0.1, 0.15) is 17.8 Å². The van der Waals surface area contributed by atoms with Crippen LogP contribution in [-0.2, 0) is 4.74 Å². The lowest BCUT2D eigenvalue weighted by Crippen LogP contribution is -2.15. The van der Waals surface area contributed by atoms with Gasteiger partial charge in [0.15, 0.2) is 0 Å². The van der Waals surface area contributed by atoms with Gasteiger partial charge in [-0.2, -0.15) is 0 Å². The Balaban J connectivity index is 3.71. The number of hydrogen-bond acceptors (Lipinski definition) is 2. The second kappa shape index (κ2) is 3.48. The van der Waals surface area contributed by atoms with Crippen LogP contribution < -0.4 is 0 Å². The lowest BCUT2D eigenvalue weighted by molar-refractivity contribution is 0.139. The van der Waals surface area contributed by atoms with Gasteiger partial charge in [-0.25, -0.2) is 0 Å². The van der Waals surface area contributed by atoms with E-state index in [9.17, 15) is 0 Å². The summed E-state index contributed by atoms with van der Waals surface area (Å²) in [6, 6.07) is 0. The fourth-order valence-corrected chi connectivity index (χ4v) is 0.272. The predicted molar refractivity (Wildman–Crippen MR) is 40.3 cm³/mol. The van der Waals surface area contributed by atoms with Gasteiger partial charge in [0.2, 0.25) is 0 Å². The van der Waals surface area contributed by atoms with Crippen molar-refractivity contribution >= 4 is 0 Å². The van der Waals surface area contributed by atoms with Gasteiger partial charge in [-0.15, -0.1) is 0 Å². The molecule has 2 nitrogen and oxygen atoms in total. The highest BCUT2D eigenvalue weighted by Crippen LogP contribution is 1.96. The van der Waals surface area contributed by atoms with Crippen LogP contribution in [0, 0.1) is 12.0 Å². The van der Waals surface area contributed by atoms with Gasteiger partial charge in [0.25, 0.3) is 0 Å². The average molecular weight is 142 g/mol. The van der Waals surface area contributed by atoms with E-state index in [4.69, 9.17) is 9.84 Å². The van der Waals surface area contributed by atoms with E-state index in [-0.39, 0.29) is 6.10 Å². The summed E-state index contributed by atoms with van der Waals surface area (Å²) < 4.78 is 4.90. The molecule has 0 unspecified atom stereocenters. The van der Waals surface area contributed by atoms with Crippen LogP contribution >= 0.6 is 0 Å². The Hall–Kier alpha value is -0.680. The number of ether oxygens (including phenoxy) is 1. The highest BCUT2D eigenvalue weighted by molar-refractivity contribution is 5.05. The van der Waals surface area contributed by atoms with Gasteiger partial charge in [0.05, 0.1) is 0 Å². The summed E-state index contributed by atoms with van der Waals surface area (Å²) >= 11 is 0. The summed E-state index contributed by atoms with van der Waals surface area (Å²) in [5, 5.41) is 9.08. The lowest BCUT2D eigenvalue weighted by Gasteiger charge is -2.06. The van der Waals surface area contributed by atoms with E-state index in [0.717, 1.165) is 0 Å². The molecule has 0 rings (SSSR count). The third kappa shape index (κ3) is 7.32. The van der Waals surface area contributed by atoms with Crippen molar-refractivity contribution in [2.24, 2.45) is 0 Å². The Bertz CT molecular complexity index is 143. The minimum absolute atomic E-state index is 0.0925. The first-order valence-corrected chi connectivity index (χ1v) is 3.32. The molecule has 1 N–H and O–H groups in total. The smallest absolute Gasteiger partial charge is 0.123 e. The second-order valence-corrected chi connectivity index (χ2v) is 2.95. The molecule has 0 spiro atoms. The molecule has 0 aromatic carbocycles. The summed E-state index contributed by atoms with van der Waals surface area (Å²) in [7, 11) is 0. The van der Waals surface area contributed by atoms with E-state index < -0.39 is 5.60 Å². The zero-order valence-corrected chi connectivity index (χ0v) is 6.93. The van der Waals surface area contributed by atoms with Crippen molar-refractivity contribution in [2.45, 2.75) is 39.4 Å². The van der Waals surface area contributed by atoms with E-state index in [1.165, 1.54) is 0 Å². The molecule has 0 aliphatic rings. The predicted octanol–water partition coefficient (Wildman–Crippen LogP) is 1.14. The molecule has 0 aromatic rings. The van der Waals surface area contributed by atoms with Crippen LogP contribution in [0.5, 0.6) is 0 Å². The standard InChI is InChI=1S/C8H14O2/c1-7(2)10-6-5-8(3,4)9/h7,9H,1-4H3. The molecule has 0 atom stereocenters. The molecule has 10 heavy (non-hydrogen) atoms. The van der Waals surface area contributed by atoms with Crippen molar-refractivity contribution in [2.75, 3.05) is 0 Å². The Kier molecular flexibility index (Phi) is 3.24. The molecular weight excluding hydrogens is 128 g/mol. The van der Waals surface area contributed by atoms with E-state index >= 15 is 0 Å². The number of aliphatic hydroxyl groups is 1. The maximum absolute atomic E-state index is 9.08. The van der Waals surface area contributed by atoms with Crippen molar-refractivity contribution in [3.05, 3.63) is 0 Å². The minimum atomic E-state index is -0.950. The summed E-state index contributed by atoms with van der Waals surface area (Å²) in [4.78, 5) is 0. The Labute approximate surface area is 62.2 Å². The molecule has 0 bridgehead atoms. The van der Waals surface area contributed by atoms with Crippen LogP contribution in [-0.4, -0.2) is 16.8 Å². The van der Waals surface area contributed by atoms with E-state index in [0.29, 0.717) is 0 Å². The first-order chi connectivity index (χ1) is 4.42. The molecule has 0 aliphatic carbocycles. The molecule has 0 aliphatic heterocycles. The molecule has 0 saturated carbocycles. The third-order valence-corrected chi connectivity index (χ3v) is 0.652. The van der Waals surface area contributed by atoms with Crippen molar-refractivity contribution < 1.29 is 9.84 Å². The molecule has 0 fully saturated rings. The van der Waals surface area contributed by atoms with Crippen molar-refractivity contribution in [3.8, 4) is 12.0 Å². The Morgan fingerprint density at radius 1 is 1.40 bits per heavy atom. The number of rotatable bonds is 1. The molecule has 0 amide bonds. The molecule has 0 aromatic heterocycles. The molecule has 2 heteroatoms. The van der Waals surface area contributed by atoms with Crippen LogP contribution in [0.15, 0.2) is 0 Å². The zero-order valence-electron chi connectivity index (χ0n) is 6.93. The highest BCUT2D eigenvalue weighted by atomic mass is 16.5. The van der Waals surface area contributed by atoms with Gasteiger partial charge in [0, 0.05) is 0 Å². The molecule has 0 saturated heterocycles. The first kappa shape index (κ1) is 9.32. The highest BCUT2D eigenvalue weighted by Gasteiger charge is 2.05. The van der Waals surface area contributed by atoms with Gasteiger partial charge in [-0.3, -0.25) is 0 Å². The van der Waals surface area contributed by atoms with Crippen molar-refractivity contribution in [3.63, 3.8) is 0 Å². The Morgan fingerprint density at radius 3 is 2.20 bits per heavy atom. The van der Waals surface area contributed by atoms with Crippen LogP contribution in [0.4, 0.5) is 0 Å². The van der Waals surface area contributed by atoms with Crippen molar-refractivity contribution in [1.29, 1.82) is 0 Å². The average Bonchev–Trinajstić information content (AvgIpc) is 1.59. The minimum Gasteiger partial charge on any atom is -0.444 e. The fourth-order valence-electron chi connectivity index (χ4n) is 0.272. The van der Waals surface area contributed by atoms with Crippen molar-refractivity contribution in [1.82, 2.24) is 0 Å². The summed E-state index contributed by atoms with van der Waals surface area (Å²) in [5.74, 6) is 2.54. The summed E-state index contributed by atoms with van der Waals surface area (Å²) in [5.41, 5.74) is -0.950. The topological polar surface area (TPSA) is 29.5 Å². The Morgan fingerprint density at radius 2 is 1.90 bits per heavy atom. The summed E-state index contributed by atoms with van der Waals surface area (Å²) in [6.07, 6.45) is 2.52. The first-order valence-electron chi connectivity index (χ1n) is 3.32. The van der Waals surface area contributed by atoms with E-state index in [1.54, 1.807) is 13.8 Å². The molecule has 0 radical (unpaired) electrons. The van der Waals surface area contributed by atoms with E-state index in [1.807, 2.05) is 13.8 Å². The fraction of sp³-hybridized carbons (Fsp3) is 0.750. The van der Waals surface area contributed by atoms with Gasteiger partial charge >= 0.3 is 0 Å².